The lowest BCUT2D eigenvalue weighted by Gasteiger charge is -2.26. The van der Waals surface area contributed by atoms with Gasteiger partial charge in [0, 0.05) is 31.5 Å². The van der Waals surface area contributed by atoms with Gasteiger partial charge in [0.1, 0.15) is 5.75 Å². The van der Waals surface area contributed by atoms with E-state index in [0.29, 0.717) is 31.6 Å². The largest absolute Gasteiger partial charge is 0.493 e. The third kappa shape index (κ3) is 4.62. The van der Waals surface area contributed by atoms with E-state index in [4.69, 9.17) is 9.47 Å². The van der Waals surface area contributed by atoms with Crippen molar-refractivity contribution in [3.8, 4) is 5.75 Å². The standard InChI is InChI=1S/C23H24N2O5/c26-21(24-19-11-13-29-20-5-2-1-4-18(19)20)15-30-23(28)17-9-7-16(8-10-17)14-25-12-3-6-22(25)27/h1-2,4-5,7-10,19H,3,6,11-15H2,(H,24,26). The SMILES string of the molecule is O=C(COC(=O)c1ccc(CN2CCCC2=O)cc1)NC1CCOc2ccccc21. The number of nitrogens with zero attached hydrogens (tertiary/aromatic N) is 1. The van der Waals surface area contributed by atoms with Crippen LogP contribution in [0.1, 0.15) is 46.8 Å². The van der Waals surface area contributed by atoms with Crippen molar-refractivity contribution < 1.29 is 23.9 Å². The second-order valence-electron chi connectivity index (χ2n) is 7.49. The molecule has 2 heterocycles. The summed E-state index contributed by atoms with van der Waals surface area (Å²) in [4.78, 5) is 38.1. The van der Waals surface area contributed by atoms with Gasteiger partial charge in [0.05, 0.1) is 18.2 Å². The summed E-state index contributed by atoms with van der Waals surface area (Å²) >= 11 is 0. The number of carbonyl (C=O) groups is 3. The van der Waals surface area contributed by atoms with Gasteiger partial charge >= 0.3 is 5.97 Å². The van der Waals surface area contributed by atoms with Crippen molar-refractivity contribution in [2.24, 2.45) is 0 Å². The van der Waals surface area contributed by atoms with Crippen LogP contribution in [0.5, 0.6) is 5.75 Å². The highest BCUT2D eigenvalue weighted by atomic mass is 16.5. The van der Waals surface area contributed by atoms with Crippen molar-refractivity contribution in [1.82, 2.24) is 10.2 Å². The van der Waals surface area contributed by atoms with Crippen molar-refractivity contribution in [3.63, 3.8) is 0 Å². The van der Waals surface area contributed by atoms with Gasteiger partial charge in [0.2, 0.25) is 5.91 Å². The Kier molecular flexibility index (Phi) is 5.97. The van der Waals surface area contributed by atoms with Crippen LogP contribution in [0.15, 0.2) is 48.5 Å². The number of hydrogen-bond donors (Lipinski definition) is 1. The lowest BCUT2D eigenvalue weighted by Crippen LogP contribution is -2.35. The van der Waals surface area contributed by atoms with Crippen LogP contribution < -0.4 is 10.1 Å². The number of amides is 2. The van der Waals surface area contributed by atoms with E-state index in [0.717, 1.165) is 29.8 Å². The maximum absolute atomic E-state index is 12.3. The number of rotatable bonds is 6. The molecule has 2 aliphatic heterocycles. The molecule has 1 N–H and O–H groups in total. The van der Waals surface area contributed by atoms with Crippen LogP contribution in [0.4, 0.5) is 0 Å². The van der Waals surface area contributed by atoms with Crippen LogP contribution in [0.2, 0.25) is 0 Å². The van der Waals surface area contributed by atoms with E-state index in [9.17, 15) is 14.4 Å². The summed E-state index contributed by atoms with van der Waals surface area (Å²) in [6.45, 7) is 1.50. The molecule has 4 rings (SSSR count). The molecule has 1 atom stereocenters. The first-order valence-corrected chi connectivity index (χ1v) is 10.1. The fourth-order valence-corrected chi connectivity index (χ4v) is 3.78. The zero-order valence-corrected chi connectivity index (χ0v) is 16.6. The third-order valence-corrected chi connectivity index (χ3v) is 5.36. The van der Waals surface area contributed by atoms with Gasteiger partial charge in [-0.05, 0) is 30.2 Å². The molecule has 1 fully saturated rings. The Balaban J connectivity index is 1.27. The summed E-state index contributed by atoms with van der Waals surface area (Å²) in [5, 5.41) is 2.90. The van der Waals surface area contributed by atoms with E-state index in [2.05, 4.69) is 5.32 Å². The molecule has 0 bridgehead atoms. The topological polar surface area (TPSA) is 84.9 Å². The average Bonchev–Trinajstić information content (AvgIpc) is 3.17. The number of fused-ring (bicyclic) bond motifs is 1. The minimum absolute atomic E-state index is 0.159. The Hall–Kier alpha value is -3.35. The predicted molar refractivity (Wildman–Crippen MR) is 109 cm³/mol. The Morgan fingerprint density at radius 2 is 1.93 bits per heavy atom. The van der Waals surface area contributed by atoms with Crippen molar-refractivity contribution in [1.29, 1.82) is 0 Å². The van der Waals surface area contributed by atoms with E-state index >= 15 is 0 Å². The molecule has 7 heteroatoms. The van der Waals surface area contributed by atoms with Crippen molar-refractivity contribution in [3.05, 3.63) is 65.2 Å². The van der Waals surface area contributed by atoms with Gasteiger partial charge in [-0.25, -0.2) is 4.79 Å². The number of esters is 1. The average molecular weight is 408 g/mol. The normalized spacial score (nSPS) is 17.8. The van der Waals surface area contributed by atoms with Crippen LogP contribution in [0.25, 0.3) is 0 Å². The highest BCUT2D eigenvalue weighted by molar-refractivity contribution is 5.91. The lowest BCUT2D eigenvalue weighted by atomic mass is 10.0. The number of hydrogen-bond acceptors (Lipinski definition) is 5. The molecule has 0 aliphatic carbocycles. The van der Waals surface area contributed by atoms with Gasteiger partial charge in [-0.15, -0.1) is 0 Å². The minimum atomic E-state index is -0.554. The van der Waals surface area contributed by atoms with E-state index in [1.807, 2.05) is 29.2 Å². The van der Waals surface area contributed by atoms with Crippen LogP contribution in [0.3, 0.4) is 0 Å². The summed E-state index contributed by atoms with van der Waals surface area (Å²) in [6.07, 6.45) is 2.16. The quantitative estimate of drug-likeness (QED) is 0.743. The zero-order chi connectivity index (χ0) is 20.9. The molecule has 1 saturated heterocycles. The second-order valence-corrected chi connectivity index (χ2v) is 7.49. The number of likely N-dealkylation sites (tertiary alicyclic amines) is 1. The number of carbonyl (C=O) groups excluding carboxylic acids is 3. The van der Waals surface area contributed by atoms with Crippen molar-refractivity contribution in [2.75, 3.05) is 19.8 Å². The fourth-order valence-electron chi connectivity index (χ4n) is 3.78. The van der Waals surface area contributed by atoms with Gasteiger partial charge in [0.25, 0.3) is 5.91 Å². The molecule has 0 aromatic heterocycles. The van der Waals surface area contributed by atoms with Gasteiger partial charge in [-0.2, -0.15) is 0 Å². The summed E-state index contributed by atoms with van der Waals surface area (Å²) in [5.74, 6) is 0.0222. The molecule has 7 nitrogen and oxygen atoms in total. The molecule has 2 amide bonds. The zero-order valence-electron chi connectivity index (χ0n) is 16.6. The second kappa shape index (κ2) is 8.98. The van der Waals surface area contributed by atoms with E-state index in [1.54, 1.807) is 24.3 Å². The number of benzene rings is 2. The molecule has 1 unspecified atom stereocenters. The summed E-state index contributed by atoms with van der Waals surface area (Å²) in [6, 6.07) is 14.3. The van der Waals surface area contributed by atoms with Crippen LogP contribution >= 0.6 is 0 Å². The Morgan fingerprint density at radius 1 is 1.13 bits per heavy atom. The van der Waals surface area contributed by atoms with Gasteiger partial charge in [-0.3, -0.25) is 9.59 Å². The monoisotopic (exact) mass is 408 g/mol. The first-order valence-electron chi connectivity index (χ1n) is 10.1. The van der Waals surface area contributed by atoms with Crippen molar-refractivity contribution >= 4 is 17.8 Å². The maximum Gasteiger partial charge on any atom is 0.338 e. The summed E-state index contributed by atoms with van der Waals surface area (Å²) in [5.41, 5.74) is 2.25. The molecule has 30 heavy (non-hydrogen) atoms. The van der Waals surface area contributed by atoms with Crippen LogP contribution in [-0.4, -0.2) is 42.4 Å². The number of para-hydroxylation sites is 1. The summed E-state index contributed by atoms with van der Waals surface area (Å²) < 4.78 is 10.8. The third-order valence-electron chi connectivity index (χ3n) is 5.36. The lowest BCUT2D eigenvalue weighted by molar-refractivity contribution is -0.128. The molecule has 2 aliphatic rings. The first kappa shape index (κ1) is 19.9. The Morgan fingerprint density at radius 3 is 2.70 bits per heavy atom. The highest BCUT2D eigenvalue weighted by Crippen LogP contribution is 2.31. The van der Waals surface area contributed by atoms with Crippen LogP contribution in [0, 0.1) is 0 Å². The maximum atomic E-state index is 12.3. The van der Waals surface area contributed by atoms with Crippen LogP contribution in [-0.2, 0) is 20.9 Å². The predicted octanol–water partition coefficient (Wildman–Crippen LogP) is 2.61. The molecule has 0 spiro atoms. The van der Waals surface area contributed by atoms with Gasteiger partial charge < -0.3 is 19.7 Å². The van der Waals surface area contributed by atoms with Gasteiger partial charge in [0.15, 0.2) is 6.61 Å². The molecule has 0 saturated carbocycles. The highest BCUT2D eigenvalue weighted by Gasteiger charge is 2.23. The number of nitrogens with one attached hydrogen (secondary N) is 1. The molecular weight excluding hydrogens is 384 g/mol. The van der Waals surface area contributed by atoms with Crippen molar-refractivity contribution in [2.45, 2.75) is 31.8 Å². The smallest absolute Gasteiger partial charge is 0.338 e. The Bertz CT molecular complexity index is 941. The minimum Gasteiger partial charge on any atom is -0.493 e. The van der Waals surface area contributed by atoms with E-state index in [1.165, 1.54) is 0 Å². The molecule has 2 aromatic carbocycles. The molecule has 2 aromatic rings. The number of ether oxygens (including phenoxy) is 2. The molecular formula is C23H24N2O5. The Labute approximate surface area is 175 Å². The first-order chi connectivity index (χ1) is 14.6. The fraction of sp³-hybridized carbons (Fsp3) is 0.348. The van der Waals surface area contributed by atoms with Gasteiger partial charge in [-0.1, -0.05) is 30.3 Å². The van der Waals surface area contributed by atoms with E-state index < -0.39 is 5.97 Å². The molecule has 156 valence electrons. The molecule has 0 radical (unpaired) electrons. The summed E-state index contributed by atoms with van der Waals surface area (Å²) in [7, 11) is 0. The van der Waals surface area contributed by atoms with E-state index in [-0.39, 0.29) is 24.5 Å².